The summed E-state index contributed by atoms with van der Waals surface area (Å²) in [7, 11) is -4.25. The second-order valence-corrected chi connectivity index (χ2v) is 17.1. The van der Waals surface area contributed by atoms with Crippen LogP contribution in [0.25, 0.3) is 11.1 Å². The van der Waals surface area contributed by atoms with Crippen LogP contribution >= 0.6 is 11.8 Å². The monoisotopic (exact) mass is 828 g/mol. The van der Waals surface area contributed by atoms with Gasteiger partial charge in [0.1, 0.15) is 29.1 Å². The van der Waals surface area contributed by atoms with Crippen LogP contribution in [0.1, 0.15) is 108 Å². The van der Waals surface area contributed by atoms with E-state index in [0.29, 0.717) is 34.8 Å². The molecule has 1 saturated heterocycles. The van der Waals surface area contributed by atoms with Crippen LogP contribution < -0.4 is 8.92 Å². The van der Waals surface area contributed by atoms with Gasteiger partial charge in [0.2, 0.25) is 0 Å². The Balaban J connectivity index is 1.11. The average molecular weight is 829 g/mol. The summed E-state index contributed by atoms with van der Waals surface area (Å²) in [5.74, 6) is 6.88. The lowest BCUT2D eigenvalue weighted by Gasteiger charge is -2.22. The van der Waals surface area contributed by atoms with Crippen molar-refractivity contribution in [2.45, 2.75) is 124 Å². The lowest BCUT2D eigenvalue weighted by Crippen LogP contribution is -2.22. The number of unbranched alkanes of at least 4 members (excludes halogenated alkanes) is 9. The van der Waals surface area contributed by atoms with Gasteiger partial charge >= 0.3 is 10.1 Å². The van der Waals surface area contributed by atoms with Gasteiger partial charge in [-0.3, -0.25) is 0 Å². The fourth-order valence-corrected chi connectivity index (χ4v) is 8.90. The van der Waals surface area contributed by atoms with Crippen LogP contribution in [0.15, 0.2) is 112 Å². The smallest absolute Gasteiger partial charge is 0.340 e. The molecule has 0 saturated carbocycles. The molecular weight excluding hydrogens is 769 g/mol. The highest BCUT2D eigenvalue weighted by atomic mass is 32.2. The summed E-state index contributed by atoms with van der Waals surface area (Å²) in [6.07, 6.45) is 15.1. The zero-order chi connectivity index (χ0) is 40.7. The van der Waals surface area contributed by atoms with Crippen LogP contribution in [0, 0.1) is 11.8 Å². The van der Waals surface area contributed by atoms with Crippen molar-refractivity contribution < 1.29 is 36.7 Å². The molecule has 58 heavy (non-hydrogen) atoms. The topological polar surface area (TPSA) is 101 Å². The molecule has 0 spiro atoms. The number of benzene rings is 4. The molecule has 1 aliphatic rings. The number of rotatable bonds is 25. The highest BCUT2D eigenvalue weighted by molar-refractivity contribution is 8.00. The van der Waals surface area contributed by atoms with E-state index in [4.69, 9.17) is 23.1 Å². The fraction of sp³-hybridized carbons (Fsp3) is 0.458. The number of ether oxygens (including phenoxy) is 4. The third-order valence-corrected chi connectivity index (χ3v) is 12.3. The Morgan fingerprint density at radius 2 is 1.48 bits per heavy atom. The second-order valence-electron chi connectivity index (χ2n) is 14.5. The first kappa shape index (κ1) is 45.3. The van der Waals surface area contributed by atoms with Crippen molar-refractivity contribution in [3.05, 3.63) is 103 Å². The van der Waals surface area contributed by atoms with Crippen LogP contribution in [0.4, 0.5) is 0 Å². The summed E-state index contributed by atoms with van der Waals surface area (Å²) in [5.41, 5.74) is 1.86. The predicted molar refractivity (Wildman–Crippen MR) is 232 cm³/mol. The largest absolute Gasteiger partial charge is 0.494 e. The molecule has 1 fully saturated rings. The molecule has 1 N–H and O–H groups in total. The minimum atomic E-state index is -4.25. The van der Waals surface area contributed by atoms with Crippen molar-refractivity contribution in [2.75, 3.05) is 33.0 Å². The minimum Gasteiger partial charge on any atom is -0.494 e. The van der Waals surface area contributed by atoms with Gasteiger partial charge in [-0.25, -0.2) is 0 Å². The fourth-order valence-electron chi connectivity index (χ4n) is 6.61. The molecular formula is C48H60O8S2. The van der Waals surface area contributed by atoms with Gasteiger partial charge in [-0.15, -0.1) is 0 Å². The zero-order valence-electron chi connectivity index (χ0n) is 33.9. The first-order valence-corrected chi connectivity index (χ1v) is 23.3. The van der Waals surface area contributed by atoms with E-state index in [2.05, 4.69) is 18.8 Å². The zero-order valence-corrected chi connectivity index (χ0v) is 35.6. The molecule has 1 aliphatic heterocycles. The predicted octanol–water partition coefficient (Wildman–Crippen LogP) is 11.6. The summed E-state index contributed by atoms with van der Waals surface area (Å²) in [4.78, 5) is 1.38. The molecule has 4 aromatic rings. The van der Waals surface area contributed by atoms with Gasteiger partial charge in [0.05, 0.1) is 6.61 Å². The van der Waals surface area contributed by atoms with Crippen molar-refractivity contribution >= 4 is 21.9 Å². The molecule has 10 heteroatoms. The summed E-state index contributed by atoms with van der Waals surface area (Å²) in [5, 5.41) is 11.2. The van der Waals surface area contributed by atoms with E-state index in [9.17, 15) is 13.5 Å². The normalized spacial score (nSPS) is 14.7. The molecule has 0 aliphatic carbocycles. The van der Waals surface area contributed by atoms with E-state index in [1.807, 2.05) is 48.5 Å². The lowest BCUT2D eigenvalue weighted by molar-refractivity contribution is -0.162. The van der Waals surface area contributed by atoms with Gasteiger partial charge in [-0.05, 0) is 98.2 Å². The second kappa shape index (κ2) is 25.6. The molecule has 8 nitrogen and oxygen atoms in total. The van der Waals surface area contributed by atoms with Crippen LogP contribution in [0.5, 0.6) is 11.5 Å². The minimum absolute atomic E-state index is 0.0212. The molecule has 0 aromatic heterocycles. The van der Waals surface area contributed by atoms with Gasteiger partial charge in [-0.2, -0.15) is 8.42 Å². The van der Waals surface area contributed by atoms with Gasteiger partial charge in [-0.1, -0.05) is 130 Å². The van der Waals surface area contributed by atoms with Crippen molar-refractivity contribution in [2.24, 2.45) is 0 Å². The molecule has 2 unspecified atom stereocenters. The van der Waals surface area contributed by atoms with Gasteiger partial charge in [0.15, 0.2) is 6.29 Å². The standard InChI is InChI=1S/C48H60O8S2/c1-2-3-35-53-40-28-30-42(31-29-40)57-46-32-27-39(38-47(46)58(50,51)56-41-21-12-11-13-22-41)43-23-14-15-24-44(43)45(49)25-20-34-52-33-17-9-7-5-4-6-8-10-18-36-54-48-26-16-19-37-55-48/h11-15,21-24,27-32,38,45,48-49H,2-10,16-19,26,33-37H2,1H3. The summed E-state index contributed by atoms with van der Waals surface area (Å²) < 4.78 is 56.4. The third kappa shape index (κ3) is 15.7. The van der Waals surface area contributed by atoms with Crippen LogP contribution in [-0.4, -0.2) is 52.8 Å². The molecule has 2 atom stereocenters. The highest BCUT2D eigenvalue weighted by Crippen LogP contribution is 2.38. The van der Waals surface area contributed by atoms with Crippen LogP contribution in [0.3, 0.4) is 0 Å². The molecule has 1 heterocycles. The maximum absolute atomic E-state index is 13.9. The molecule has 0 amide bonds. The van der Waals surface area contributed by atoms with E-state index < -0.39 is 16.2 Å². The van der Waals surface area contributed by atoms with Crippen molar-refractivity contribution in [3.8, 4) is 34.5 Å². The molecule has 5 rings (SSSR count). The summed E-state index contributed by atoms with van der Waals surface area (Å²) in [6, 6.07) is 28.7. The Hall–Kier alpha value is -3.82. The number of aliphatic hydroxyl groups is 1. The molecule has 0 radical (unpaired) electrons. The van der Waals surface area contributed by atoms with Crippen LogP contribution in [-0.2, 0) is 24.3 Å². The Labute approximate surface area is 351 Å². The van der Waals surface area contributed by atoms with E-state index in [0.717, 1.165) is 68.8 Å². The first-order chi connectivity index (χ1) is 28.4. The summed E-state index contributed by atoms with van der Waals surface area (Å²) >= 11 is 1.33. The number of hydrogen-bond donors (Lipinski definition) is 1. The Morgan fingerprint density at radius 1 is 0.776 bits per heavy atom. The Morgan fingerprint density at radius 3 is 2.21 bits per heavy atom. The average Bonchev–Trinajstić information content (AvgIpc) is 3.25. The van der Waals surface area contributed by atoms with E-state index in [1.54, 1.807) is 48.5 Å². The van der Waals surface area contributed by atoms with Gasteiger partial charge in [0, 0.05) is 35.2 Å². The van der Waals surface area contributed by atoms with Gasteiger partial charge < -0.3 is 28.2 Å². The SMILES string of the molecule is CCCCOc1ccc(Sc2ccc(-c3ccccc3C(O)C#CCOCCCCCCCCCCCOC3CCCCO3)cc2S(=O)(=O)Oc2ccccc2)cc1. The first-order valence-electron chi connectivity index (χ1n) is 21.0. The van der Waals surface area contributed by atoms with E-state index in [-0.39, 0.29) is 23.5 Å². The molecule has 312 valence electrons. The number of para-hydroxylation sites is 1. The van der Waals surface area contributed by atoms with Crippen molar-refractivity contribution in [1.82, 2.24) is 0 Å². The Bertz CT molecular complexity index is 1930. The quantitative estimate of drug-likeness (QED) is 0.0397. The highest BCUT2D eigenvalue weighted by Gasteiger charge is 2.24. The third-order valence-electron chi connectivity index (χ3n) is 9.83. The lowest BCUT2D eigenvalue weighted by atomic mass is 9.96. The molecule has 0 bridgehead atoms. The Kier molecular flexibility index (Phi) is 20.0. The molecule has 4 aromatic carbocycles. The van der Waals surface area contributed by atoms with Crippen molar-refractivity contribution in [1.29, 1.82) is 0 Å². The van der Waals surface area contributed by atoms with Crippen LogP contribution in [0.2, 0.25) is 0 Å². The van der Waals surface area contributed by atoms with E-state index in [1.165, 1.54) is 56.7 Å². The summed E-state index contributed by atoms with van der Waals surface area (Å²) in [6.45, 7) is 5.28. The number of hydrogen-bond acceptors (Lipinski definition) is 9. The van der Waals surface area contributed by atoms with E-state index >= 15 is 0 Å². The maximum atomic E-state index is 13.9. The van der Waals surface area contributed by atoms with Crippen molar-refractivity contribution in [3.63, 3.8) is 0 Å². The number of aliphatic hydroxyl groups excluding tert-OH is 1. The van der Waals surface area contributed by atoms with Gasteiger partial charge in [0.25, 0.3) is 0 Å². The maximum Gasteiger partial charge on any atom is 0.340 e.